The van der Waals surface area contributed by atoms with Crippen LogP contribution in [0, 0.1) is 13.8 Å². The molecule has 154 valence electrons. The lowest BCUT2D eigenvalue weighted by molar-refractivity contribution is -0.118. The van der Waals surface area contributed by atoms with Gasteiger partial charge in [-0.2, -0.15) is 0 Å². The van der Waals surface area contributed by atoms with Crippen molar-refractivity contribution in [3.8, 4) is 0 Å². The molecule has 1 fully saturated rings. The molecular formula is C22H27N3O2S2. The van der Waals surface area contributed by atoms with Crippen LogP contribution in [0.3, 0.4) is 0 Å². The van der Waals surface area contributed by atoms with E-state index >= 15 is 0 Å². The van der Waals surface area contributed by atoms with E-state index in [9.17, 15) is 4.79 Å². The van der Waals surface area contributed by atoms with E-state index in [2.05, 4.69) is 30.9 Å². The zero-order chi connectivity index (χ0) is 20.2. The molecule has 0 radical (unpaired) electrons. The smallest absolute Gasteiger partial charge is 0.234 e. The van der Waals surface area contributed by atoms with Gasteiger partial charge in [0.2, 0.25) is 5.91 Å². The number of ether oxygens (including phenoxy) is 1. The van der Waals surface area contributed by atoms with Gasteiger partial charge in [0.1, 0.15) is 0 Å². The molecule has 3 heterocycles. The molecular weight excluding hydrogens is 402 g/mol. The summed E-state index contributed by atoms with van der Waals surface area (Å²) in [5.74, 6) is 0.128. The predicted octanol–water partition coefficient (Wildman–Crippen LogP) is 4.27. The highest BCUT2D eigenvalue weighted by Gasteiger charge is 2.21. The van der Waals surface area contributed by atoms with Crippen LogP contribution >= 0.6 is 22.7 Å². The van der Waals surface area contributed by atoms with Crippen LogP contribution in [0.25, 0.3) is 10.2 Å². The highest BCUT2D eigenvalue weighted by Crippen LogP contribution is 2.32. The Hall–Kier alpha value is -1.80. The molecule has 1 aliphatic heterocycles. The molecule has 0 spiro atoms. The number of aryl methyl sites for hydroxylation is 2. The van der Waals surface area contributed by atoms with Crippen LogP contribution < -0.4 is 4.90 Å². The van der Waals surface area contributed by atoms with Crippen LogP contribution in [-0.4, -0.2) is 55.2 Å². The average Bonchev–Trinajstić information content (AvgIpc) is 3.39. The first-order valence-corrected chi connectivity index (χ1v) is 11.8. The Morgan fingerprint density at radius 2 is 2.07 bits per heavy atom. The second kappa shape index (κ2) is 9.34. The minimum Gasteiger partial charge on any atom is -0.379 e. The number of hydrogen-bond donors (Lipinski definition) is 0. The van der Waals surface area contributed by atoms with Gasteiger partial charge in [0.25, 0.3) is 0 Å². The Kier molecular flexibility index (Phi) is 6.60. The quantitative estimate of drug-likeness (QED) is 0.563. The normalized spacial score (nSPS) is 15.1. The summed E-state index contributed by atoms with van der Waals surface area (Å²) in [7, 11) is 0. The van der Waals surface area contributed by atoms with Gasteiger partial charge in [0.15, 0.2) is 5.13 Å². The number of thiazole rings is 1. The summed E-state index contributed by atoms with van der Waals surface area (Å²) < 4.78 is 6.58. The third kappa shape index (κ3) is 4.86. The molecule has 7 heteroatoms. The first-order chi connectivity index (χ1) is 14.1. The van der Waals surface area contributed by atoms with Crippen molar-refractivity contribution in [3.05, 3.63) is 45.6 Å². The molecule has 0 bridgehead atoms. The summed E-state index contributed by atoms with van der Waals surface area (Å²) in [5, 5.41) is 2.84. The van der Waals surface area contributed by atoms with Crippen molar-refractivity contribution in [2.75, 3.05) is 44.3 Å². The summed E-state index contributed by atoms with van der Waals surface area (Å²) >= 11 is 3.25. The van der Waals surface area contributed by atoms with Gasteiger partial charge in [-0.15, -0.1) is 11.3 Å². The van der Waals surface area contributed by atoms with Crippen LogP contribution in [0.15, 0.2) is 29.6 Å². The lowest BCUT2D eigenvalue weighted by atomic mass is 10.1. The van der Waals surface area contributed by atoms with Crippen molar-refractivity contribution in [2.45, 2.75) is 26.7 Å². The number of morpholine rings is 1. The topological polar surface area (TPSA) is 45.7 Å². The fraction of sp³-hybridized carbons (Fsp3) is 0.455. The molecule has 2 aromatic heterocycles. The van der Waals surface area contributed by atoms with Crippen molar-refractivity contribution in [1.82, 2.24) is 9.88 Å². The maximum atomic E-state index is 13.2. The molecule has 0 saturated carbocycles. The van der Waals surface area contributed by atoms with Crippen LogP contribution in [0.5, 0.6) is 0 Å². The van der Waals surface area contributed by atoms with Crippen molar-refractivity contribution in [3.63, 3.8) is 0 Å². The first kappa shape index (κ1) is 20.5. The molecule has 1 amide bonds. The number of amides is 1. The lowest BCUT2D eigenvalue weighted by Gasteiger charge is -2.27. The Balaban J connectivity index is 1.53. The van der Waals surface area contributed by atoms with Gasteiger partial charge in [0, 0.05) is 31.1 Å². The Morgan fingerprint density at radius 3 is 2.83 bits per heavy atom. The van der Waals surface area contributed by atoms with E-state index in [-0.39, 0.29) is 5.91 Å². The van der Waals surface area contributed by atoms with Crippen LogP contribution in [0.1, 0.15) is 22.4 Å². The number of aromatic nitrogens is 1. The van der Waals surface area contributed by atoms with Gasteiger partial charge in [0.05, 0.1) is 29.9 Å². The van der Waals surface area contributed by atoms with Crippen molar-refractivity contribution in [2.24, 2.45) is 0 Å². The minimum absolute atomic E-state index is 0.128. The maximum Gasteiger partial charge on any atom is 0.234 e. The van der Waals surface area contributed by atoms with E-state index in [0.717, 1.165) is 59.5 Å². The standard InChI is InChI=1S/C22H27N3O2S2/c1-16-6-7-19-21(17(16)2)23-22(29-19)25(20(26)15-18-5-3-14-28-18)9-4-8-24-10-12-27-13-11-24/h3,5-7,14H,4,8-13,15H2,1-2H3. The molecule has 3 aromatic rings. The summed E-state index contributed by atoms with van der Waals surface area (Å²) in [4.78, 5) is 23.5. The molecule has 0 unspecified atom stereocenters. The predicted molar refractivity (Wildman–Crippen MR) is 121 cm³/mol. The summed E-state index contributed by atoms with van der Waals surface area (Å²) in [6, 6.07) is 8.28. The molecule has 0 aliphatic carbocycles. The maximum absolute atomic E-state index is 13.2. The Bertz CT molecular complexity index is 962. The van der Waals surface area contributed by atoms with E-state index in [1.165, 1.54) is 11.1 Å². The van der Waals surface area contributed by atoms with E-state index in [1.54, 1.807) is 22.7 Å². The fourth-order valence-electron chi connectivity index (χ4n) is 3.59. The third-order valence-electron chi connectivity index (χ3n) is 5.47. The molecule has 5 nitrogen and oxygen atoms in total. The van der Waals surface area contributed by atoms with Gasteiger partial charge < -0.3 is 4.74 Å². The van der Waals surface area contributed by atoms with Gasteiger partial charge in [-0.05, 0) is 48.9 Å². The zero-order valence-corrected chi connectivity index (χ0v) is 18.7. The van der Waals surface area contributed by atoms with Gasteiger partial charge in [-0.3, -0.25) is 14.6 Å². The lowest BCUT2D eigenvalue weighted by Crippen LogP contribution is -2.39. The fourth-order valence-corrected chi connectivity index (χ4v) is 5.36. The van der Waals surface area contributed by atoms with Crippen molar-refractivity contribution >= 4 is 43.9 Å². The zero-order valence-electron chi connectivity index (χ0n) is 17.0. The Labute approximate surface area is 179 Å². The first-order valence-electron chi connectivity index (χ1n) is 10.1. The molecule has 1 saturated heterocycles. The van der Waals surface area contributed by atoms with Gasteiger partial charge in [-0.25, -0.2) is 4.98 Å². The highest BCUT2D eigenvalue weighted by atomic mass is 32.1. The second-order valence-corrected chi connectivity index (χ2v) is 9.50. The second-order valence-electron chi connectivity index (χ2n) is 7.46. The number of fused-ring (bicyclic) bond motifs is 1. The number of rotatable bonds is 7. The number of carbonyl (C=O) groups excluding carboxylic acids is 1. The molecule has 1 aromatic carbocycles. The van der Waals surface area contributed by atoms with Crippen LogP contribution in [-0.2, 0) is 16.0 Å². The number of carbonyl (C=O) groups is 1. The van der Waals surface area contributed by atoms with Gasteiger partial charge >= 0.3 is 0 Å². The minimum atomic E-state index is 0.128. The number of anilines is 1. The van der Waals surface area contributed by atoms with E-state index in [1.807, 2.05) is 22.4 Å². The molecule has 0 atom stereocenters. The van der Waals surface area contributed by atoms with E-state index in [0.29, 0.717) is 13.0 Å². The van der Waals surface area contributed by atoms with Gasteiger partial charge in [-0.1, -0.05) is 23.5 Å². The van der Waals surface area contributed by atoms with E-state index < -0.39 is 0 Å². The van der Waals surface area contributed by atoms with E-state index in [4.69, 9.17) is 9.72 Å². The summed E-state index contributed by atoms with van der Waals surface area (Å²) in [5.41, 5.74) is 3.45. The SMILES string of the molecule is Cc1ccc2sc(N(CCCN3CCOCC3)C(=O)Cc3cccs3)nc2c1C. The Morgan fingerprint density at radius 1 is 1.24 bits per heavy atom. The highest BCUT2D eigenvalue weighted by molar-refractivity contribution is 7.22. The number of thiophene rings is 1. The van der Waals surface area contributed by atoms with Crippen LogP contribution in [0.2, 0.25) is 0 Å². The molecule has 29 heavy (non-hydrogen) atoms. The summed E-state index contributed by atoms with van der Waals surface area (Å²) in [6.07, 6.45) is 1.37. The molecule has 1 aliphatic rings. The largest absolute Gasteiger partial charge is 0.379 e. The number of hydrogen-bond acceptors (Lipinski definition) is 6. The summed E-state index contributed by atoms with van der Waals surface area (Å²) in [6.45, 7) is 9.45. The third-order valence-corrected chi connectivity index (χ3v) is 7.39. The van der Waals surface area contributed by atoms with Crippen molar-refractivity contribution < 1.29 is 9.53 Å². The average molecular weight is 430 g/mol. The monoisotopic (exact) mass is 429 g/mol. The number of benzene rings is 1. The van der Waals surface area contributed by atoms with Crippen LogP contribution in [0.4, 0.5) is 5.13 Å². The number of nitrogens with zero attached hydrogens (tertiary/aromatic N) is 3. The molecule has 4 rings (SSSR count). The molecule has 0 N–H and O–H groups in total. The van der Waals surface area contributed by atoms with Crippen molar-refractivity contribution in [1.29, 1.82) is 0 Å².